The molecule has 0 aliphatic heterocycles. The van der Waals surface area contributed by atoms with Gasteiger partial charge < -0.3 is 5.11 Å². The molecule has 2 aromatic rings. The van der Waals surface area contributed by atoms with Gasteiger partial charge in [-0.25, -0.2) is 9.97 Å². The number of hydrogen-bond donors (Lipinski definition) is 2. The summed E-state index contributed by atoms with van der Waals surface area (Å²) in [6, 6.07) is 0. The molecule has 0 radical (unpaired) electrons. The summed E-state index contributed by atoms with van der Waals surface area (Å²) in [5.41, 5.74) is 0.749. The largest absolute Gasteiger partial charge is 0.388 e. The number of thiazole rings is 1. The molecular formula is C7H8N4OS. The summed E-state index contributed by atoms with van der Waals surface area (Å²) in [5, 5.41) is 18.2. The number of aliphatic hydroxyl groups is 1. The summed E-state index contributed by atoms with van der Waals surface area (Å²) >= 11 is 1.55. The molecule has 2 rings (SSSR count). The van der Waals surface area contributed by atoms with Gasteiger partial charge in [0.05, 0.1) is 5.01 Å². The first kappa shape index (κ1) is 8.33. The number of aromatic nitrogens is 4. The number of aliphatic hydroxyl groups excluding tert-OH is 1. The van der Waals surface area contributed by atoms with Crippen molar-refractivity contribution in [2.45, 2.75) is 13.5 Å². The van der Waals surface area contributed by atoms with Crippen LogP contribution in [0.2, 0.25) is 0 Å². The number of aromatic amines is 1. The number of rotatable bonds is 2. The molecule has 0 fully saturated rings. The van der Waals surface area contributed by atoms with E-state index in [0.29, 0.717) is 11.6 Å². The van der Waals surface area contributed by atoms with E-state index >= 15 is 0 Å². The van der Waals surface area contributed by atoms with E-state index in [9.17, 15) is 0 Å². The monoisotopic (exact) mass is 196 g/mol. The molecule has 0 spiro atoms. The Hall–Kier alpha value is -1.27. The van der Waals surface area contributed by atoms with Gasteiger partial charge in [-0.2, -0.15) is 5.10 Å². The lowest BCUT2D eigenvalue weighted by Gasteiger charge is -1.83. The van der Waals surface area contributed by atoms with Gasteiger partial charge in [0.1, 0.15) is 12.3 Å². The molecule has 2 aromatic heterocycles. The zero-order valence-electron chi connectivity index (χ0n) is 6.98. The predicted molar refractivity (Wildman–Crippen MR) is 48.2 cm³/mol. The third kappa shape index (κ3) is 1.58. The fraction of sp³-hybridized carbons (Fsp3) is 0.286. The first-order chi connectivity index (χ1) is 6.29. The van der Waals surface area contributed by atoms with Crippen molar-refractivity contribution >= 4 is 11.3 Å². The van der Waals surface area contributed by atoms with Crippen LogP contribution in [0.4, 0.5) is 0 Å². The summed E-state index contributed by atoms with van der Waals surface area (Å²) < 4.78 is 0. The van der Waals surface area contributed by atoms with Gasteiger partial charge in [-0.05, 0) is 6.92 Å². The summed E-state index contributed by atoms with van der Waals surface area (Å²) in [5.74, 6) is 0.994. The number of nitrogens with one attached hydrogen (secondary N) is 1. The Morgan fingerprint density at radius 1 is 1.54 bits per heavy atom. The SMILES string of the molecule is Cc1nc(-c2n[nH]c(CO)n2)cs1. The van der Waals surface area contributed by atoms with Gasteiger partial charge in [-0.15, -0.1) is 11.3 Å². The molecule has 6 heteroatoms. The molecule has 0 saturated heterocycles. The van der Waals surface area contributed by atoms with Gasteiger partial charge in [0, 0.05) is 5.38 Å². The fourth-order valence-electron chi connectivity index (χ4n) is 0.947. The van der Waals surface area contributed by atoms with Crippen LogP contribution >= 0.6 is 11.3 Å². The van der Waals surface area contributed by atoms with Crippen LogP contribution in [-0.4, -0.2) is 25.3 Å². The number of nitrogens with zero attached hydrogens (tertiary/aromatic N) is 3. The van der Waals surface area contributed by atoms with E-state index in [0.717, 1.165) is 10.7 Å². The second kappa shape index (κ2) is 3.23. The van der Waals surface area contributed by atoms with Crippen molar-refractivity contribution in [3.8, 4) is 11.5 Å². The lowest BCUT2D eigenvalue weighted by atomic mass is 10.5. The number of aryl methyl sites for hydroxylation is 1. The van der Waals surface area contributed by atoms with Crippen LogP contribution in [0.3, 0.4) is 0 Å². The molecule has 13 heavy (non-hydrogen) atoms. The highest BCUT2D eigenvalue weighted by molar-refractivity contribution is 7.09. The second-order valence-corrected chi connectivity index (χ2v) is 3.58. The van der Waals surface area contributed by atoms with Gasteiger partial charge in [-0.3, -0.25) is 5.10 Å². The van der Waals surface area contributed by atoms with E-state index < -0.39 is 0 Å². The topological polar surface area (TPSA) is 74.7 Å². The molecule has 0 aromatic carbocycles. The van der Waals surface area contributed by atoms with Gasteiger partial charge in [0.15, 0.2) is 5.82 Å². The van der Waals surface area contributed by atoms with E-state index in [1.165, 1.54) is 0 Å². The van der Waals surface area contributed by atoms with Gasteiger partial charge in [0.25, 0.3) is 0 Å². The standard InChI is InChI=1S/C7H8N4OS/c1-4-8-5(3-13-4)7-9-6(2-12)10-11-7/h3,12H,2H2,1H3,(H,9,10,11). The van der Waals surface area contributed by atoms with E-state index in [1.807, 2.05) is 12.3 Å². The van der Waals surface area contributed by atoms with Crippen molar-refractivity contribution in [1.82, 2.24) is 20.2 Å². The second-order valence-electron chi connectivity index (χ2n) is 2.52. The van der Waals surface area contributed by atoms with Crippen LogP contribution < -0.4 is 0 Å². The maximum atomic E-state index is 8.75. The van der Waals surface area contributed by atoms with E-state index in [1.54, 1.807) is 11.3 Å². The average molecular weight is 196 g/mol. The number of hydrogen-bond acceptors (Lipinski definition) is 5. The first-order valence-corrected chi connectivity index (χ1v) is 4.62. The highest BCUT2D eigenvalue weighted by Gasteiger charge is 2.07. The van der Waals surface area contributed by atoms with Crippen LogP contribution in [0, 0.1) is 6.92 Å². The lowest BCUT2D eigenvalue weighted by molar-refractivity contribution is 0.272. The smallest absolute Gasteiger partial charge is 0.200 e. The summed E-state index contributed by atoms with van der Waals surface area (Å²) in [6.07, 6.45) is 0. The van der Waals surface area contributed by atoms with Gasteiger partial charge >= 0.3 is 0 Å². The highest BCUT2D eigenvalue weighted by atomic mass is 32.1. The predicted octanol–water partition coefficient (Wildman–Crippen LogP) is 0.729. The lowest BCUT2D eigenvalue weighted by Crippen LogP contribution is -1.84. The minimum atomic E-state index is -0.129. The molecular weight excluding hydrogens is 188 g/mol. The molecule has 2 N–H and O–H groups in total. The van der Waals surface area contributed by atoms with Crippen LogP contribution in [0.5, 0.6) is 0 Å². The van der Waals surface area contributed by atoms with Crippen LogP contribution in [0.1, 0.15) is 10.8 Å². The Morgan fingerprint density at radius 2 is 2.38 bits per heavy atom. The molecule has 0 aliphatic carbocycles. The summed E-state index contributed by atoms with van der Waals surface area (Å²) in [4.78, 5) is 8.26. The molecule has 0 saturated carbocycles. The number of H-pyrrole nitrogens is 1. The Bertz CT molecular complexity index is 408. The van der Waals surface area contributed by atoms with Crippen molar-refractivity contribution in [2.24, 2.45) is 0 Å². The maximum absolute atomic E-state index is 8.75. The molecule has 68 valence electrons. The molecule has 5 nitrogen and oxygen atoms in total. The Labute approximate surface area is 78.5 Å². The van der Waals surface area contributed by atoms with Crippen LogP contribution in [0.25, 0.3) is 11.5 Å². The van der Waals surface area contributed by atoms with E-state index in [2.05, 4.69) is 20.2 Å². The molecule has 0 atom stereocenters. The normalized spacial score (nSPS) is 10.6. The van der Waals surface area contributed by atoms with Gasteiger partial charge in [-0.1, -0.05) is 0 Å². The minimum absolute atomic E-state index is 0.129. The summed E-state index contributed by atoms with van der Waals surface area (Å²) in [6.45, 7) is 1.80. The Morgan fingerprint density at radius 3 is 2.92 bits per heavy atom. The summed E-state index contributed by atoms with van der Waals surface area (Å²) in [7, 11) is 0. The van der Waals surface area contributed by atoms with Crippen molar-refractivity contribution in [3.63, 3.8) is 0 Å². The zero-order valence-corrected chi connectivity index (χ0v) is 7.80. The zero-order chi connectivity index (χ0) is 9.26. The van der Waals surface area contributed by atoms with Crippen LogP contribution in [-0.2, 0) is 6.61 Å². The quantitative estimate of drug-likeness (QED) is 0.742. The van der Waals surface area contributed by atoms with Gasteiger partial charge in [0.2, 0.25) is 5.82 Å². The third-order valence-corrected chi connectivity index (χ3v) is 2.30. The minimum Gasteiger partial charge on any atom is -0.388 e. The van der Waals surface area contributed by atoms with E-state index in [-0.39, 0.29) is 6.61 Å². The molecule has 0 aliphatic rings. The fourth-order valence-corrected chi connectivity index (χ4v) is 1.54. The third-order valence-electron chi connectivity index (χ3n) is 1.53. The molecule has 0 amide bonds. The molecule has 2 heterocycles. The average Bonchev–Trinajstić information content (AvgIpc) is 2.71. The maximum Gasteiger partial charge on any atom is 0.200 e. The van der Waals surface area contributed by atoms with Crippen molar-refractivity contribution in [1.29, 1.82) is 0 Å². The highest BCUT2D eigenvalue weighted by Crippen LogP contribution is 2.17. The van der Waals surface area contributed by atoms with Crippen molar-refractivity contribution < 1.29 is 5.11 Å². The Kier molecular flexibility index (Phi) is 2.07. The van der Waals surface area contributed by atoms with Crippen LogP contribution in [0.15, 0.2) is 5.38 Å². The Balaban J connectivity index is 2.35. The first-order valence-electron chi connectivity index (χ1n) is 3.74. The van der Waals surface area contributed by atoms with E-state index in [4.69, 9.17) is 5.11 Å². The van der Waals surface area contributed by atoms with Crippen molar-refractivity contribution in [3.05, 3.63) is 16.2 Å². The molecule has 0 bridgehead atoms. The van der Waals surface area contributed by atoms with Crippen molar-refractivity contribution in [2.75, 3.05) is 0 Å². The molecule has 0 unspecified atom stereocenters.